The van der Waals surface area contributed by atoms with E-state index in [2.05, 4.69) is 58.0 Å². The fourth-order valence-corrected chi connectivity index (χ4v) is 3.90. The standard InChI is InChI=1S/C23H24O2/c1-14(2)17-7-9-18(10-8-17)19-13-25-23-21(19)15(3)12-16(4)22(23)20-6-5-11-24-20/h5-12,14,19H,13H2,1-4H3/t19-/m1/s1. The second-order valence-corrected chi connectivity index (χ2v) is 7.29. The Balaban J connectivity index is 1.81. The predicted molar refractivity (Wildman–Crippen MR) is 101 cm³/mol. The highest BCUT2D eigenvalue weighted by atomic mass is 16.5. The van der Waals surface area contributed by atoms with Crippen molar-refractivity contribution in [2.75, 3.05) is 6.61 Å². The topological polar surface area (TPSA) is 22.4 Å². The largest absolute Gasteiger partial charge is 0.491 e. The fourth-order valence-electron chi connectivity index (χ4n) is 3.90. The number of furan rings is 1. The molecule has 1 aromatic heterocycles. The Bertz CT molecular complexity index is 887. The minimum absolute atomic E-state index is 0.283. The Morgan fingerprint density at radius 3 is 2.40 bits per heavy atom. The summed E-state index contributed by atoms with van der Waals surface area (Å²) in [5.74, 6) is 2.71. The zero-order chi connectivity index (χ0) is 17.6. The first-order valence-electron chi connectivity index (χ1n) is 8.97. The highest BCUT2D eigenvalue weighted by molar-refractivity contribution is 5.75. The van der Waals surface area contributed by atoms with Gasteiger partial charge in [-0.05, 0) is 54.2 Å². The summed E-state index contributed by atoms with van der Waals surface area (Å²) in [6.07, 6.45) is 1.72. The van der Waals surface area contributed by atoms with Gasteiger partial charge in [0.2, 0.25) is 0 Å². The van der Waals surface area contributed by atoms with E-state index >= 15 is 0 Å². The molecule has 0 unspecified atom stereocenters. The van der Waals surface area contributed by atoms with Gasteiger partial charge >= 0.3 is 0 Å². The number of benzene rings is 2. The van der Waals surface area contributed by atoms with Crippen LogP contribution in [0.2, 0.25) is 0 Å². The Labute approximate surface area is 149 Å². The average molecular weight is 332 g/mol. The van der Waals surface area contributed by atoms with Crippen molar-refractivity contribution in [3.05, 3.63) is 76.5 Å². The molecule has 2 heteroatoms. The van der Waals surface area contributed by atoms with Crippen LogP contribution in [0.15, 0.2) is 53.1 Å². The molecule has 128 valence electrons. The molecule has 0 radical (unpaired) electrons. The zero-order valence-corrected chi connectivity index (χ0v) is 15.3. The molecule has 25 heavy (non-hydrogen) atoms. The molecule has 1 aliphatic heterocycles. The van der Waals surface area contributed by atoms with Crippen LogP contribution in [0.5, 0.6) is 5.75 Å². The second kappa shape index (κ2) is 6.11. The molecule has 0 bridgehead atoms. The van der Waals surface area contributed by atoms with Crippen LogP contribution in [0.1, 0.15) is 53.5 Å². The van der Waals surface area contributed by atoms with E-state index in [0.717, 1.165) is 17.1 Å². The number of hydrogen-bond acceptors (Lipinski definition) is 2. The Morgan fingerprint density at radius 1 is 1.00 bits per heavy atom. The number of ether oxygens (including phenoxy) is 1. The van der Waals surface area contributed by atoms with E-state index in [4.69, 9.17) is 9.15 Å². The molecule has 2 nitrogen and oxygen atoms in total. The van der Waals surface area contributed by atoms with Crippen molar-refractivity contribution in [3.63, 3.8) is 0 Å². The van der Waals surface area contributed by atoms with Gasteiger partial charge in [0, 0.05) is 11.5 Å². The first-order valence-corrected chi connectivity index (χ1v) is 8.97. The van der Waals surface area contributed by atoms with Gasteiger partial charge in [0.15, 0.2) is 0 Å². The van der Waals surface area contributed by atoms with Crippen LogP contribution in [-0.2, 0) is 0 Å². The first-order chi connectivity index (χ1) is 12.1. The Hall–Kier alpha value is -2.48. The maximum atomic E-state index is 6.20. The molecule has 4 rings (SSSR count). The van der Waals surface area contributed by atoms with E-state index in [-0.39, 0.29) is 5.92 Å². The van der Waals surface area contributed by atoms with Crippen LogP contribution in [0.25, 0.3) is 11.3 Å². The van der Waals surface area contributed by atoms with Gasteiger partial charge in [-0.15, -0.1) is 0 Å². The minimum Gasteiger partial charge on any atom is -0.491 e. The SMILES string of the molecule is Cc1cc(C)c2c(c1-c1ccco1)OC[C@@H]2c1ccc(C(C)C)cc1. The molecule has 1 atom stereocenters. The van der Waals surface area contributed by atoms with Crippen LogP contribution in [-0.4, -0.2) is 6.61 Å². The van der Waals surface area contributed by atoms with Gasteiger partial charge in [0.05, 0.1) is 18.4 Å². The summed E-state index contributed by atoms with van der Waals surface area (Å²) in [5.41, 5.74) is 7.57. The van der Waals surface area contributed by atoms with Gasteiger partial charge in [-0.1, -0.05) is 44.2 Å². The maximum Gasteiger partial charge on any atom is 0.137 e. The molecule has 0 N–H and O–H groups in total. The van der Waals surface area contributed by atoms with E-state index in [1.165, 1.54) is 27.8 Å². The van der Waals surface area contributed by atoms with Gasteiger partial charge in [0.1, 0.15) is 11.5 Å². The molecule has 0 fully saturated rings. The van der Waals surface area contributed by atoms with Crippen LogP contribution in [0.4, 0.5) is 0 Å². The molecular weight excluding hydrogens is 308 g/mol. The summed E-state index contributed by atoms with van der Waals surface area (Å²) < 4.78 is 11.9. The quantitative estimate of drug-likeness (QED) is 0.569. The van der Waals surface area contributed by atoms with Crippen molar-refractivity contribution in [2.45, 2.75) is 39.5 Å². The molecule has 2 heterocycles. The van der Waals surface area contributed by atoms with E-state index in [9.17, 15) is 0 Å². The van der Waals surface area contributed by atoms with Crippen LogP contribution in [0.3, 0.4) is 0 Å². The van der Waals surface area contributed by atoms with Crippen molar-refractivity contribution in [1.29, 1.82) is 0 Å². The second-order valence-electron chi connectivity index (χ2n) is 7.29. The molecule has 3 aromatic rings. The molecule has 1 aliphatic rings. The van der Waals surface area contributed by atoms with E-state index in [1.807, 2.05) is 12.1 Å². The van der Waals surface area contributed by atoms with Gasteiger partial charge < -0.3 is 9.15 Å². The maximum absolute atomic E-state index is 6.20. The zero-order valence-electron chi connectivity index (χ0n) is 15.3. The molecular formula is C23H24O2. The third kappa shape index (κ3) is 2.66. The molecule has 0 saturated heterocycles. The van der Waals surface area contributed by atoms with Crippen molar-refractivity contribution >= 4 is 0 Å². The van der Waals surface area contributed by atoms with Gasteiger partial charge in [-0.2, -0.15) is 0 Å². The van der Waals surface area contributed by atoms with Gasteiger partial charge in [-0.3, -0.25) is 0 Å². The monoisotopic (exact) mass is 332 g/mol. The summed E-state index contributed by atoms with van der Waals surface area (Å²) in [5, 5.41) is 0. The summed E-state index contributed by atoms with van der Waals surface area (Å²) in [6.45, 7) is 9.45. The van der Waals surface area contributed by atoms with Gasteiger partial charge in [0.25, 0.3) is 0 Å². The van der Waals surface area contributed by atoms with E-state index < -0.39 is 0 Å². The lowest BCUT2D eigenvalue weighted by Gasteiger charge is -2.15. The Morgan fingerprint density at radius 2 is 1.76 bits per heavy atom. The van der Waals surface area contributed by atoms with Crippen molar-refractivity contribution in [2.24, 2.45) is 0 Å². The molecule has 2 aromatic carbocycles. The molecule has 0 aliphatic carbocycles. The van der Waals surface area contributed by atoms with Crippen molar-refractivity contribution in [3.8, 4) is 17.1 Å². The number of aryl methyl sites for hydroxylation is 2. The lowest BCUT2D eigenvalue weighted by atomic mass is 9.86. The molecule has 0 amide bonds. The summed E-state index contributed by atoms with van der Waals surface area (Å²) in [4.78, 5) is 0. The van der Waals surface area contributed by atoms with Gasteiger partial charge in [-0.25, -0.2) is 0 Å². The number of fused-ring (bicyclic) bond motifs is 1. The molecule has 0 spiro atoms. The minimum atomic E-state index is 0.283. The number of rotatable bonds is 3. The molecule has 0 saturated carbocycles. The normalized spacial score (nSPS) is 16.1. The third-order valence-electron chi connectivity index (χ3n) is 5.24. The smallest absolute Gasteiger partial charge is 0.137 e. The number of hydrogen-bond donors (Lipinski definition) is 0. The third-order valence-corrected chi connectivity index (χ3v) is 5.24. The average Bonchev–Trinajstić information content (AvgIpc) is 3.25. The van der Waals surface area contributed by atoms with Crippen LogP contribution < -0.4 is 4.74 Å². The summed E-state index contributed by atoms with van der Waals surface area (Å²) in [6, 6.07) is 15.2. The lowest BCUT2D eigenvalue weighted by molar-refractivity contribution is 0.343. The highest BCUT2D eigenvalue weighted by Crippen LogP contribution is 2.47. The van der Waals surface area contributed by atoms with Crippen molar-refractivity contribution < 1.29 is 9.15 Å². The predicted octanol–water partition coefficient (Wildman–Crippen LogP) is 6.21. The van der Waals surface area contributed by atoms with Crippen molar-refractivity contribution in [1.82, 2.24) is 0 Å². The van der Waals surface area contributed by atoms with E-state index in [1.54, 1.807) is 6.26 Å². The highest BCUT2D eigenvalue weighted by Gasteiger charge is 2.31. The first kappa shape index (κ1) is 16.0. The van der Waals surface area contributed by atoms with E-state index in [0.29, 0.717) is 12.5 Å². The fraction of sp³-hybridized carbons (Fsp3) is 0.304. The Kier molecular flexibility index (Phi) is 3.91. The van der Waals surface area contributed by atoms with Crippen LogP contribution >= 0.6 is 0 Å². The van der Waals surface area contributed by atoms with Crippen LogP contribution in [0, 0.1) is 13.8 Å². The summed E-state index contributed by atoms with van der Waals surface area (Å²) in [7, 11) is 0. The summed E-state index contributed by atoms with van der Waals surface area (Å²) >= 11 is 0. The lowest BCUT2D eigenvalue weighted by Crippen LogP contribution is -2.04.